The third-order valence-electron chi connectivity index (χ3n) is 3.40. The fourth-order valence-corrected chi connectivity index (χ4v) is 2.29. The van der Waals surface area contributed by atoms with Gasteiger partial charge in [-0.2, -0.15) is 0 Å². The first kappa shape index (κ1) is 14.0. The van der Waals surface area contributed by atoms with Crippen molar-refractivity contribution in [2.24, 2.45) is 4.99 Å². The summed E-state index contributed by atoms with van der Waals surface area (Å²) in [7, 11) is 0. The van der Waals surface area contributed by atoms with Gasteiger partial charge in [0.1, 0.15) is 0 Å². The van der Waals surface area contributed by atoms with E-state index in [2.05, 4.69) is 29.3 Å². The van der Waals surface area contributed by atoms with E-state index in [1.54, 1.807) is 0 Å². The first-order chi connectivity index (χ1) is 10.9. The van der Waals surface area contributed by atoms with Crippen LogP contribution in [0.2, 0.25) is 0 Å². The van der Waals surface area contributed by atoms with Crippen LogP contribution in [0.4, 0.5) is 0 Å². The van der Waals surface area contributed by atoms with Gasteiger partial charge in [-0.3, -0.25) is 4.99 Å². The van der Waals surface area contributed by atoms with Gasteiger partial charge in [0.25, 0.3) is 0 Å². The standard InChI is InChI=1S/C21H17N/c1-4-10-18(11-5-1)16-22-17-21(19-12-6-2-7-13-19)20-14-8-3-9-15-20/h1-17H. The third kappa shape index (κ3) is 3.58. The van der Waals surface area contributed by atoms with Crippen LogP contribution in [0.3, 0.4) is 0 Å². The van der Waals surface area contributed by atoms with E-state index in [1.807, 2.05) is 79.1 Å². The molecule has 0 radical (unpaired) electrons. The number of nitrogens with zero attached hydrogens (tertiary/aromatic N) is 1. The minimum absolute atomic E-state index is 1.10. The monoisotopic (exact) mass is 283 g/mol. The van der Waals surface area contributed by atoms with Gasteiger partial charge in [0.15, 0.2) is 0 Å². The summed E-state index contributed by atoms with van der Waals surface area (Å²) < 4.78 is 0. The van der Waals surface area contributed by atoms with Crippen LogP contribution in [0.15, 0.2) is 102 Å². The highest BCUT2D eigenvalue weighted by Crippen LogP contribution is 2.23. The molecule has 0 bridgehead atoms. The highest BCUT2D eigenvalue weighted by atomic mass is 14.7. The summed E-state index contributed by atoms with van der Waals surface area (Å²) in [6.07, 6.45) is 3.81. The molecule has 106 valence electrons. The minimum Gasteiger partial charge on any atom is -0.263 e. The normalized spacial score (nSPS) is 10.5. The molecule has 3 aromatic carbocycles. The van der Waals surface area contributed by atoms with E-state index < -0.39 is 0 Å². The molecule has 0 fully saturated rings. The molecule has 0 aromatic heterocycles. The number of benzene rings is 3. The summed E-state index contributed by atoms with van der Waals surface area (Å²) in [5.74, 6) is 0. The second kappa shape index (κ2) is 7.19. The SMILES string of the molecule is C(=NC=C(c1ccccc1)c1ccccc1)c1ccccc1. The molecule has 0 heterocycles. The van der Waals surface area contributed by atoms with Crippen molar-refractivity contribution in [3.05, 3.63) is 114 Å². The second-order valence-corrected chi connectivity index (χ2v) is 4.96. The van der Waals surface area contributed by atoms with E-state index in [4.69, 9.17) is 0 Å². The van der Waals surface area contributed by atoms with Gasteiger partial charge in [-0.05, 0) is 16.7 Å². The molecule has 0 aliphatic heterocycles. The highest BCUT2D eigenvalue weighted by molar-refractivity contribution is 5.83. The summed E-state index contributed by atoms with van der Waals surface area (Å²) in [6, 6.07) is 30.8. The van der Waals surface area contributed by atoms with Crippen molar-refractivity contribution in [3.8, 4) is 0 Å². The van der Waals surface area contributed by atoms with Crippen molar-refractivity contribution in [1.29, 1.82) is 0 Å². The zero-order chi connectivity index (χ0) is 15.0. The Morgan fingerprint density at radius 2 is 1.05 bits per heavy atom. The molecule has 0 amide bonds. The Morgan fingerprint density at radius 1 is 0.591 bits per heavy atom. The van der Waals surface area contributed by atoms with Gasteiger partial charge in [-0.1, -0.05) is 91.0 Å². The molecule has 0 atom stereocenters. The lowest BCUT2D eigenvalue weighted by Gasteiger charge is -2.06. The fraction of sp³-hybridized carbons (Fsp3) is 0. The van der Waals surface area contributed by atoms with Crippen LogP contribution in [-0.4, -0.2) is 6.21 Å². The lowest BCUT2D eigenvalue weighted by Crippen LogP contribution is -1.87. The fourth-order valence-electron chi connectivity index (χ4n) is 2.29. The summed E-state index contributed by atoms with van der Waals surface area (Å²) in [6.45, 7) is 0. The first-order valence-corrected chi connectivity index (χ1v) is 7.33. The Kier molecular flexibility index (Phi) is 4.58. The minimum atomic E-state index is 1.10. The topological polar surface area (TPSA) is 12.4 Å². The molecule has 0 spiro atoms. The number of aliphatic imine (C=N–C) groups is 1. The van der Waals surface area contributed by atoms with Crippen LogP contribution in [0.25, 0.3) is 5.57 Å². The number of hydrogen-bond acceptors (Lipinski definition) is 1. The van der Waals surface area contributed by atoms with Crippen molar-refractivity contribution in [2.45, 2.75) is 0 Å². The molecule has 0 saturated carbocycles. The van der Waals surface area contributed by atoms with Crippen LogP contribution < -0.4 is 0 Å². The predicted molar refractivity (Wildman–Crippen MR) is 94.0 cm³/mol. The van der Waals surface area contributed by atoms with E-state index in [0.29, 0.717) is 0 Å². The van der Waals surface area contributed by atoms with Crippen LogP contribution >= 0.6 is 0 Å². The van der Waals surface area contributed by atoms with Gasteiger partial charge in [0.2, 0.25) is 0 Å². The van der Waals surface area contributed by atoms with Crippen molar-refractivity contribution in [2.75, 3.05) is 0 Å². The molecule has 1 nitrogen and oxygen atoms in total. The smallest absolute Gasteiger partial charge is 0.0352 e. The average molecular weight is 283 g/mol. The van der Waals surface area contributed by atoms with Gasteiger partial charge < -0.3 is 0 Å². The molecule has 0 unspecified atom stereocenters. The Hall–Kier alpha value is -2.93. The van der Waals surface area contributed by atoms with E-state index in [-0.39, 0.29) is 0 Å². The van der Waals surface area contributed by atoms with E-state index in [9.17, 15) is 0 Å². The largest absolute Gasteiger partial charge is 0.263 e. The van der Waals surface area contributed by atoms with E-state index >= 15 is 0 Å². The average Bonchev–Trinajstić information content (AvgIpc) is 2.61. The maximum atomic E-state index is 4.51. The zero-order valence-electron chi connectivity index (χ0n) is 12.3. The van der Waals surface area contributed by atoms with Crippen molar-refractivity contribution >= 4 is 11.8 Å². The molecule has 0 aliphatic rings. The molecule has 22 heavy (non-hydrogen) atoms. The van der Waals surface area contributed by atoms with Gasteiger partial charge in [0, 0.05) is 18.0 Å². The van der Waals surface area contributed by atoms with Crippen LogP contribution in [0.5, 0.6) is 0 Å². The van der Waals surface area contributed by atoms with Gasteiger partial charge in [-0.15, -0.1) is 0 Å². The molecule has 0 saturated heterocycles. The Balaban J connectivity index is 1.96. The Morgan fingerprint density at radius 3 is 1.55 bits per heavy atom. The number of rotatable bonds is 4. The molecule has 0 aliphatic carbocycles. The molecule has 1 heteroatoms. The molecule has 3 aromatic rings. The Labute approximate surface area is 131 Å². The highest BCUT2D eigenvalue weighted by Gasteiger charge is 2.03. The molecule has 3 rings (SSSR count). The number of hydrogen-bond donors (Lipinski definition) is 0. The van der Waals surface area contributed by atoms with Crippen LogP contribution in [0.1, 0.15) is 16.7 Å². The van der Waals surface area contributed by atoms with Crippen LogP contribution in [0, 0.1) is 0 Å². The van der Waals surface area contributed by atoms with Crippen molar-refractivity contribution in [3.63, 3.8) is 0 Å². The maximum absolute atomic E-state index is 4.51. The molecular weight excluding hydrogens is 266 g/mol. The summed E-state index contributed by atoms with van der Waals surface area (Å²) in [5.41, 5.74) is 4.55. The lowest BCUT2D eigenvalue weighted by atomic mass is 9.99. The predicted octanol–water partition coefficient (Wildman–Crippen LogP) is 5.19. The van der Waals surface area contributed by atoms with Gasteiger partial charge >= 0.3 is 0 Å². The lowest BCUT2D eigenvalue weighted by molar-refractivity contribution is 1.49. The molecule has 0 N–H and O–H groups in total. The van der Waals surface area contributed by atoms with Gasteiger partial charge in [0.05, 0.1) is 0 Å². The van der Waals surface area contributed by atoms with Crippen LogP contribution in [-0.2, 0) is 0 Å². The summed E-state index contributed by atoms with van der Waals surface area (Å²) >= 11 is 0. The third-order valence-corrected chi connectivity index (χ3v) is 3.40. The van der Waals surface area contributed by atoms with Crippen molar-refractivity contribution in [1.82, 2.24) is 0 Å². The quantitative estimate of drug-likeness (QED) is 0.584. The Bertz CT molecular complexity index is 715. The maximum Gasteiger partial charge on any atom is 0.0352 e. The second-order valence-electron chi connectivity index (χ2n) is 4.96. The summed E-state index contributed by atoms with van der Waals surface area (Å²) in [5, 5.41) is 0. The van der Waals surface area contributed by atoms with Gasteiger partial charge in [-0.25, -0.2) is 0 Å². The first-order valence-electron chi connectivity index (χ1n) is 7.33. The van der Waals surface area contributed by atoms with E-state index in [1.165, 1.54) is 11.1 Å². The van der Waals surface area contributed by atoms with E-state index in [0.717, 1.165) is 11.1 Å². The summed E-state index contributed by atoms with van der Waals surface area (Å²) in [4.78, 5) is 4.51. The van der Waals surface area contributed by atoms with Crippen molar-refractivity contribution < 1.29 is 0 Å². The zero-order valence-corrected chi connectivity index (χ0v) is 12.3. The molecular formula is C21H17N.